The average molecular weight is 321 g/mol. The summed E-state index contributed by atoms with van der Waals surface area (Å²) in [6.45, 7) is 2.90. The molecule has 1 rings (SSSR count). The van der Waals surface area contributed by atoms with E-state index in [9.17, 15) is 9.59 Å². The Morgan fingerprint density at radius 2 is 2.05 bits per heavy atom. The van der Waals surface area contributed by atoms with Crippen molar-refractivity contribution in [2.45, 2.75) is 19.9 Å². The summed E-state index contributed by atoms with van der Waals surface area (Å²) < 4.78 is 0. The molecule has 0 aliphatic rings. The van der Waals surface area contributed by atoms with Crippen LogP contribution in [-0.4, -0.2) is 53.8 Å². The summed E-state index contributed by atoms with van der Waals surface area (Å²) >= 11 is 1.36. The van der Waals surface area contributed by atoms with Gasteiger partial charge in [0.15, 0.2) is 0 Å². The molecule has 0 aliphatic carbocycles. The monoisotopic (exact) mass is 320 g/mol. The molecule has 1 heterocycles. The minimum Gasteiger partial charge on any atom is -0.347 e. The van der Waals surface area contributed by atoms with Gasteiger partial charge in [-0.1, -0.05) is 6.92 Å². The maximum atomic E-state index is 12.3. The van der Waals surface area contributed by atoms with E-state index in [1.807, 2.05) is 6.92 Å². The van der Waals surface area contributed by atoms with E-state index in [-0.39, 0.29) is 30.8 Å². The first-order valence-corrected chi connectivity index (χ1v) is 7.01. The van der Waals surface area contributed by atoms with Crippen molar-refractivity contribution in [2.75, 3.05) is 27.2 Å². The van der Waals surface area contributed by atoms with E-state index in [2.05, 4.69) is 4.98 Å². The summed E-state index contributed by atoms with van der Waals surface area (Å²) in [6.07, 6.45) is 0.792. The zero-order valence-electron chi connectivity index (χ0n) is 12.0. The fourth-order valence-corrected chi connectivity index (χ4v) is 2.14. The largest absolute Gasteiger partial charge is 0.347 e. The summed E-state index contributed by atoms with van der Waals surface area (Å²) in [5.74, 6) is -0.316. The van der Waals surface area contributed by atoms with Gasteiger partial charge in [-0.2, -0.15) is 0 Å². The van der Waals surface area contributed by atoms with Gasteiger partial charge in [-0.15, -0.1) is 23.7 Å². The van der Waals surface area contributed by atoms with Crippen LogP contribution in [0.4, 0.5) is 0 Å². The topological polar surface area (TPSA) is 79.5 Å². The van der Waals surface area contributed by atoms with Gasteiger partial charge in [0.2, 0.25) is 5.91 Å². The van der Waals surface area contributed by atoms with E-state index in [0.29, 0.717) is 18.8 Å². The van der Waals surface area contributed by atoms with E-state index in [0.717, 1.165) is 11.4 Å². The molecule has 0 aromatic carbocycles. The summed E-state index contributed by atoms with van der Waals surface area (Å²) in [6, 6.07) is 0. The van der Waals surface area contributed by atoms with Gasteiger partial charge >= 0.3 is 0 Å². The van der Waals surface area contributed by atoms with Crippen LogP contribution in [0.25, 0.3) is 0 Å². The molecule has 6 nitrogen and oxygen atoms in total. The van der Waals surface area contributed by atoms with Crippen LogP contribution in [0.5, 0.6) is 0 Å². The van der Waals surface area contributed by atoms with E-state index in [4.69, 9.17) is 5.73 Å². The molecule has 1 aromatic heterocycles. The molecule has 20 heavy (non-hydrogen) atoms. The average Bonchev–Trinajstić information content (AvgIpc) is 2.85. The number of thiazole rings is 1. The Balaban J connectivity index is 0.00000361. The molecule has 2 amide bonds. The van der Waals surface area contributed by atoms with Crippen molar-refractivity contribution < 1.29 is 9.59 Å². The first-order chi connectivity index (χ1) is 8.99. The summed E-state index contributed by atoms with van der Waals surface area (Å²) in [7, 11) is 3.35. The van der Waals surface area contributed by atoms with Crippen LogP contribution in [0.1, 0.15) is 28.8 Å². The highest BCUT2D eigenvalue weighted by Crippen LogP contribution is 2.11. The lowest BCUT2D eigenvalue weighted by Crippen LogP contribution is -2.40. The van der Waals surface area contributed by atoms with Crippen molar-refractivity contribution in [2.24, 2.45) is 5.73 Å². The van der Waals surface area contributed by atoms with Crippen molar-refractivity contribution in [1.29, 1.82) is 0 Å². The van der Waals surface area contributed by atoms with Gasteiger partial charge in [0.05, 0.1) is 0 Å². The molecule has 0 bridgehead atoms. The molecule has 0 radical (unpaired) electrons. The molecule has 0 unspecified atom stereocenters. The molecule has 0 fully saturated rings. The minimum absolute atomic E-state index is 0. The predicted molar refractivity (Wildman–Crippen MR) is 82.1 cm³/mol. The third kappa shape index (κ3) is 5.07. The van der Waals surface area contributed by atoms with Gasteiger partial charge in [0.1, 0.15) is 17.2 Å². The van der Waals surface area contributed by atoms with Gasteiger partial charge < -0.3 is 15.5 Å². The highest BCUT2D eigenvalue weighted by molar-refractivity contribution is 7.09. The Morgan fingerprint density at radius 3 is 2.50 bits per heavy atom. The Bertz CT molecular complexity index is 450. The molecule has 114 valence electrons. The molecule has 0 spiro atoms. The number of carbonyl (C=O) groups excluding carboxylic acids is 2. The van der Waals surface area contributed by atoms with Gasteiger partial charge in [0, 0.05) is 32.6 Å². The first kappa shape index (κ1) is 18.8. The third-order valence-electron chi connectivity index (χ3n) is 2.55. The number of aromatic nitrogens is 1. The zero-order chi connectivity index (χ0) is 14.4. The smallest absolute Gasteiger partial charge is 0.273 e. The van der Waals surface area contributed by atoms with Crippen LogP contribution in [0.3, 0.4) is 0 Å². The standard InChI is InChI=1S/C12H20N4O2S.ClH/c1-4-5-16(7-11(17)15(2)3)12(18)9-8-19-10(6-13)14-9;/h8H,4-7,13H2,1-3H3;1H. The molecule has 8 heteroatoms. The number of nitrogens with zero attached hydrogens (tertiary/aromatic N) is 3. The summed E-state index contributed by atoms with van der Waals surface area (Å²) in [5, 5.41) is 2.41. The Morgan fingerprint density at radius 1 is 1.40 bits per heavy atom. The van der Waals surface area contributed by atoms with Gasteiger partial charge in [-0.05, 0) is 6.42 Å². The molecule has 1 aromatic rings. The van der Waals surface area contributed by atoms with Crippen molar-refractivity contribution in [1.82, 2.24) is 14.8 Å². The van der Waals surface area contributed by atoms with E-state index in [1.54, 1.807) is 19.5 Å². The van der Waals surface area contributed by atoms with Crippen LogP contribution in [0.15, 0.2) is 5.38 Å². The molecule has 0 aliphatic heterocycles. The molecule has 0 saturated carbocycles. The number of carbonyl (C=O) groups is 2. The highest BCUT2D eigenvalue weighted by atomic mass is 35.5. The first-order valence-electron chi connectivity index (χ1n) is 6.13. The van der Waals surface area contributed by atoms with Crippen LogP contribution >= 0.6 is 23.7 Å². The van der Waals surface area contributed by atoms with Crippen molar-refractivity contribution >= 4 is 35.6 Å². The lowest BCUT2D eigenvalue weighted by atomic mass is 10.3. The lowest BCUT2D eigenvalue weighted by Gasteiger charge is -2.22. The van der Waals surface area contributed by atoms with E-state index in [1.165, 1.54) is 21.1 Å². The van der Waals surface area contributed by atoms with Crippen LogP contribution in [0, 0.1) is 0 Å². The number of hydrogen-bond acceptors (Lipinski definition) is 5. The fourth-order valence-electron chi connectivity index (χ4n) is 1.49. The fraction of sp³-hybridized carbons (Fsp3) is 0.583. The minimum atomic E-state index is -0.215. The number of rotatable bonds is 6. The third-order valence-corrected chi connectivity index (χ3v) is 3.42. The van der Waals surface area contributed by atoms with E-state index >= 15 is 0 Å². The number of likely N-dealkylation sites (N-methyl/N-ethyl adjacent to an activating group) is 1. The predicted octanol–water partition coefficient (Wildman–Crippen LogP) is 0.964. The summed E-state index contributed by atoms with van der Waals surface area (Å²) in [4.78, 5) is 31.2. The molecule has 2 N–H and O–H groups in total. The second-order valence-corrected chi connectivity index (χ2v) is 5.29. The van der Waals surface area contributed by atoms with Crippen LogP contribution in [-0.2, 0) is 11.3 Å². The summed E-state index contributed by atoms with van der Waals surface area (Å²) in [5.41, 5.74) is 5.85. The number of nitrogens with two attached hydrogens (primary N) is 1. The van der Waals surface area contributed by atoms with E-state index < -0.39 is 0 Å². The van der Waals surface area contributed by atoms with Crippen molar-refractivity contribution in [3.05, 3.63) is 16.1 Å². The van der Waals surface area contributed by atoms with Crippen molar-refractivity contribution in [3.63, 3.8) is 0 Å². The zero-order valence-corrected chi connectivity index (χ0v) is 13.6. The number of halogens is 1. The second kappa shape index (κ2) is 8.89. The molecular formula is C12H21ClN4O2S. The van der Waals surface area contributed by atoms with Crippen molar-refractivity contribution in [3.8, 4) is 0 Å². The maximum absolute atomic E-state index is 12.3. The second-order valence-electron chi connectivity index (χ2n) is 4.35. The Labute approximate surface area is 129 Å². The van der Waals surface area contributed by atoms with Gasteiger partial charge in [-0.3, -0.25) is 9.59 Å². The molecule has 0 atom stereocenters. The van der Waals surface area contributed by atoms with Crippen LogP contribution in [0.2, 0.25) is 0 Å². The quantitative estimate of drug-likeness (QED) is 0.847. The maximum Gasteiger partial charge on any atom is 0.273 e. The normalized spacial score (nSPS) is 9.80. The van der Waals surface area contributed by atoms with Gasteiger partial charge in [-0.25, -0.2) is 4.98 Å². The van der Waals surface area contributed by atoms with Gasteiger partial charge in [0.25, 0.3) is 5.91 Å². The highest BCUT2D eigenvalue weighted by Gasteiger charge is 2.21. The Kier molecular flexibility index (Phi) is 8.36. The van der Waals surface area contributed by atoms with Crippen LogP contribution < -0.4 is 5.73 Å². The molecular weight excluding hydrogens is 300 g/mol. The molecule has 0 saturated heterocycles. The lowest BCUT2D eigenvalue weighted by molar-refractivity contribution is -0.129. The number of hydrogen-bond donors (Lipinski definition) is 1. The Hall–Kier alpha value is -1.18. The SMILES string of the molecule is CCCN(CC(=O)N(C)C)C(=O)c1csc(CN)n1.Cl. The number of amides is 2.